The van der Waals surface area contributed by atoms with Crippen LogP contribution in [0.5, 0.6) is 0 Å². The van der Waals surface area contributed by atoms with Crippen molar-refractivity contribution in [1.82, 2.24) is 14.8 Å². The molecule has 1 aliphatic heterocycles. The Morgan fingerprint density at radius 1 is 1.29 bits per heavy atom. The fourth-order valence-electron chi connectivity index (χ4n) is 3.38. The second kappa shape index (κ2) is 7.51. The highest BCUT2D eigenvalue weighted by molar-refractivity contribution is 5.82. The van der Waals surface area contributed by atoms with Crippen molar-refractivity contribution in [1.29, 1.82) is 0 Å². The van der Waals surface area contributed by atoms with Gasteiger partial charge in [0.2, 0.25) is 0 Å². The molecule has 4 nitrogen and oxygen atoms in total. The molecular weight excluding hydrogens is 305 g/mol. The number of rotatable bonds is 6. The number of unbranched alkanes of at least 4 members (excludes halogenated alkanes) is 1. The fourth-order valence-corrected chi connectivity index (χ4v) is 3.38. The van der Waals surface area contributed by atoms with Gasteiger partial charge in [-0.05, 0) is 37.8 Å². The first-order valence-corrected chi connectivity index (χ1v) is 9.16. The highest BCUT2D eigenvalue weighted by Crippen LogP contribution is 2.26. The smallest absolute Gasteiger partial charge is 0.152 e. The van der Waals surface area contributed by atoms with Crippen molar-refractivity contribution in [2.24, 2.45) is 0 Å². The zero-order valence-corrected chi connectivity index (χ0v) is 15.0. The van der Waals surface area contributed by atoms with E-state index in [1.54, 1.807) is 6.07 Å². The number of hydrogen-bond acceptors (Lipinski definition) is 3. The molecule has 2 heterocycles. The number of fused-ring (bicyclic) bond motifs is 1. The molecular formula is C19H28FN3O. The third kappa shape index (κ3) is 3.56. The number of nitrogens with zero attached hydrogens (tertiary/aromatic N) is 3. The molecule has 1 saturated heterocycles. The summed E-state index contributed by atoms with van der Waals surface area (Å²) in [6.45, 7) is 9.62. The van der Waals surface area contributed by atoms with E-state index in [4.69, 9.17) is 4.84 Å². The normalized spacial score (nSPS) is 17.0. The van der Waals surface area contributed by atoms with Crippen LogP contribution in [0.1, 0.15) is 58.1 Å². The fraction of sp³-hybridized carbons (Fsp3) is 0.632. The van der Waals surface area contributed by atoms with Gasteiger partial charge in [-0.1, -0.05) is 44.2 Å². The van der Waals surface area contributed by atoms with Crippen LogP contribution in [0.3, 0.4) is 0 Å². The number of likely N-dealkylation sites (tertiary alicyclic amines) is 1. The van der Waals surface area contributed by atoms with E-state index >= 15 is 0 Å². The number of halogens is 1. The van der Waals surface area contributed by atoms with Crippen LogP contribution < -0.4 is 4.84 Å². The number of benzene rings is 1. The number of hydrogen-bond donors (Lipinski definition) is 0. The van der Waals surface area contributed by atoms with Gasteiger partial charge < -0.3 is 9.74 Å². The lowest BCUT2D eigenvalue weighted by atomic mass is 10.1. The van der Waals surface area contributed by atoms with E-state index in [2.05, 4.69) is 30.8 Å². The summed E-state index contributed by atoms with van der Waals surface area (Å²) >= 11 is 0. The van der Waals surface area contributed by atoms with Crippen LogP contribution in [0.15, 0.2) is 18.2 Å². The minimum absolute atomic E-state index is 0.102. The monoisotopic (exact) mass is 333 g/mol. The third-order valence-corrected chi connectivity index (χ3v) is 4.81. The number of piperidine rings is 1. The van der Waals surface area contributed by atoms with E-state index in [9.17, 15) is 4.39 Å². The van der Waals surface area contributed by atoms with Gasteiger partial charge in [-0.3, -0.25) is 0 Å². The maximum absolute atomic E-state index is 14.3. The summed E-state index contributed by atoms with van der Waals surface area (Å²) in [5, 5.41) is 5.41. The van der Waals surface area contributed by atoms with E-state index < -0.39 is 0 Å². The average molecular weight is 333 g/mol. The second-order valence-corrected chi connectivity index (χ2v) is 7.05. The topological polar surface area (TPSA) is 30.3 Å². The Morgan fingerprint density at radius 3 is 2.71 bits per heavy atom. The molecule has 0 atom stereocenters. The van der Waals surface area contributed by atoms with Crippen molar-refractivity contribution in [2.75, 3.05) is 19.6 Å². The maximum Gasteiger partial charge on any atom is 0.152 e. The summed E-state index contributed by atoms with van der Waals surface area (Å²) in [6.07, 6.45) is 4.52. The summed E-state index contributed by atoms with van der Waals surface area (Å²) in [6, 6.07) is 5.14. The van der Waals surface area contributed by atoms with Crippen LogP contribution in [0.2, 0.25) is 0 Å². The van der Waals surface area contributed by atoms with E-state index in [-0.39, 0.29) is 17.8 Å². The summed E-state index contributed by atoms with van der Waals surface area (Å²) in [5.41, 5.74) is 1.36. The lowest BCUT2D eigenvalue weighted by Gasteiger charge is -2.31. The van der Waals surface area contributed by atoms with E-state index in [0.29, 0.717) is 5.52 Å². The van der Waals surface area contributed by atoms with Crippen LogP contribution in [0.25, 0.3) is 10.9 Å². The molecule has 0 unspecified atom stereocenters. The van der Waals surface area contributed by atoms with Gasteiger partial charge >= 0.3 is 0 Å². The molecule has 0 radical (unpaired) electrons. The molecule has 1 aromatic heterocycles. The van der Waals surface area contributed by atoms with Crippen molar-refractivity contribution in [3.63, 3.8) is 0 Å². The molecule has 1 aliphatic rings. The quantitative estimate of drug-likeness (QED) is 0.801. The molecule has 2 aromatic rings. The molecule has 0 N–H and O–H groups in total. The molecule has 0 saturated carbocycles. The highest BCUT2D eigenvalue weighted by Gasteiger charge is 2.23. The van der Waals surface area contributed by atoms with Crippen LogP contribution in [0, 0.1) is 5.82 Å². The van der Waals surface area contributed by atoms with Crippen molar-refractivity contribution in [3.05, 3.63) is 29.7 Å². The minimum Gasteiger partial charge on any atom is -0.393 e. The third-order valence-electron chi connectivity index (χ3n) is 4.81. The van der Waals surface area contributed by atoms with E-state index in [0.717, 1.165) is 37.0 Å². The van der Waals surface area contributed by atoms with Crippen molar-refractivity contribution in [3.8, 4) is 0 Å². The van der Waals surface area contributed by atoms with Crippen LogP contribution in [-0.2, 0) is 0 Å². The summed E-state index contributed by atoms with van der Waals surface area (Å²) in [7, 11) is 0. The average Bonchev–Trinajstić information content (AvgIpc) is 2.94. The highest BCUT2D eigenvalue weighted by atomic mass is 19.1. The Kier molecular flexibility index (Phi) is 5.39. The number of para-hydroxylation sites is 1. The SMILES string of the molecule is CCCCN1CCC(On2nc(C(C)C)c3cccc(F)c32)CC1. The van der Waals surface area contributed by atoms with Crippen LogP contribution >= 0.6 is 0 Å². The first-order chi connectivity index (χ1) is 11.6. The van der Waals surface area contributed by atoms with Gasteiger partial charge in [-0.25, -0.2) is 4.39 Å². The number of aromatic nitrogens is 2. The van der Waals surface area contributed by atoms with Crippen molar-refractivity contribution < 1.29 is 9.23 Å². The van der Waals surface area contributed by atoms with Gasteiger partial charge in [0, 0.05) is 18.5 Å². The molecule has 1 aromatic carbocycles. The van der Waals surface area contributed by atoms with E-state index in [1.165, 1.54) is 30.3 Å². The van der Waals surface area contributed by atoms with Gasteiger partial charge in [0.15, 0.2) is 5.82 Å². The molecule has 132 valence electrons. The van der Waals surface area contributed by atoms with Crippen LogP contribution in [0.4, 0.5) is 4.39 Å². The predicted molar refractivity (Wildman–Crippen MR) is 94.7 cm³/mol. The predicted octanol–water partition coefficient (Wildman–Crippen LogP) is 3.99. The minimum atomic E-state index is -0.271. The first kappa shape index (κ1) is 17.2. The molecule has 0 aliphatic carbocycles. The Bertz CT molecular complexity index is 675. The lowest BCUT2D eigenvalue weighted by Crippen LogP contribution is -2.41. The second-order valence-electron chi connectivity index (χ2n) is 7.05. The Hall–Kier alpha value is -1.62. The molecule has 5 heteroatoms. The molecule has 0 bridgehead atoms. The molecule has 0 amide bonds. The van der Waals surface area contributed by atoms with Gasteiger partial charge in [0.25, 0.3) is 0 Å². The first-order valence-electron chi connectivity index (χ1n) is 9.16. The van der Waals surface area contributed by atoms with Gasteiger partial charge in [0.1, 0.15) is 11.6 Å². The molecule has 0 spiro atoms. The summed E-state index contributed by atoms with van der Waals surface area (Å²) in [4.78, 5) is 10.00. The van der Waals surface area contributed by atoms with Crippen molar-refractivity contribution in [2.45, 2.75) is 58.5 Å². The Balaban J connectivity index is 1.74. The van der Waals surface area contributed by atoms with E-state index in [1.807, 2.05) is 6.07 Å². The Labute approximate surface area is 143 Å². The van der Waals surface area contributed by atoms with Crippen molar-refractivity contribution >= 4 is 10.9 Å². The zero-order valence-electron chi connectivity index (χ0n) is 15.0. The zero-order chi connectivity index (χ0) is 17.1. The standard InChI is InChI=1S/C19H28FN3O/c1-4-5-11-22-12-9-15(10-13-22)24-23-19-16(7-6-8-17(19)20)18(21-23)14(2)3/h6-8,14-15H,4-5,9-13H2,1-3H3. The lowest BCUT2D eigenvalue weighted by molar-refractivity contribution is -0.0148. The van der Waals surface area contributed by atoms with Crippen LogP contribution in [-0.4, -0.2) is 40.6 Å². The molecule has 1 fully saturated rings. The molecule has 24 heavy (non-hydrogen) atoms. The largest absolute Gasteiger partial charge is 0.393 e. The van der Waals surface area contributed by atoms with Gasteiger partial charge in [-0.15, -0.1) is 5.10 Å². The maximum atomic E-state index is 14.3. The van der Waals surface area contributed by atoms with Gasteiger partial charge in [-0.2, -0.15) is 0 Å². The Morgan fingerprint density at radius 2 is 2.04 bits per heavy atom. The van der Waals surface area contributed by atoms with Gasteiger partial charge in [0.05, 0.1) is 5.69 Å². The summed E-state index contributed by atoms with van der Waals surface area (Å²) < 4.78 is 14.3. The summed E-state index contributed by atoms with van der Waals surface area (Å²) in [5.74, 6) is -0.0395. The molecule has 3 rings (SSSR count).